The molecule has 2 rings (SSSR count). The lowest BCUT2D eigenvalue weighted by Gasteiger charge is -2.26. The van der Waals surface area contributed by atoms with Crippen LogP contribution in [0.1, 0.15) is 31.7 Å². The van der Waals surface area contributed by atoms with Gasteiger partial charge in [0, 0.05) is 12.6 Å². The van der Waals surface area contributed by atoms with Crippen LogP contribution in [0.4, 0.5) is 0 Å². The minimum atomic E-state index is 0.716. The first kappa shape index (κ1) is 15.3. The van der Waals surface area contributed by atoms with Crippen LogP contribution in [-0.2, 0) is 6.42 Å². The van der Waals surface area contributed by atoms with Crippen molar-refractivity contribution in [1.82, 2.24) is 10.2 Å². The zero-order valence-electron chi connectivity index (χ0n) is 12.9. The van der Waals surface area contributed by atoms with Crippen LogP contribution in [0.25, 0.3) is 0 Å². The molecule has 0 aromatic heterocycles. The lowest BCUT2D eigenvalue weighted by molar-refractivity contribution is 0.230. The second kappa shape index (κ2) is 8.28. The average Bonchev–Trinajstić information content (AvgIpc) is 3.02. The highest BCUT2D eigenvalue weighted by molar-refractivity contribution is 5.27. The highest BCUT2D eigenvalue weighted by Gasteiger charge is 2.19. The molecular weight excluding hydrogens is 248 g/mol. The summed E-state index contributed by atoms with van der Waals surface area (Å²) in [5.41, 5.74) is 1.37. The van der Waals surface area contributed by atoms with Crippen LogP contribution in [0.5, 0.6) is 5.75 Å². The Morgan fingerprint density at radius 2 is 1.90 bits per heavy atom. The quantitative estimate of drug-likeness (QED) is 0.739. The molecule has 0 saturated carbocycles. The van der Waals surface area contributed by atoms with Gasteiger partial charge in [-0.3, -0.25) is 4.90 Å². The largest absolute Gasteiger partial charge is 0.497 e. The summed E-state index contributed by atoms with van der Waals surface area (Å²) < 4.78 is 5.18. The van der Waals surface area contributed by atoms with Gasteiger partial charge in [-0.1, -0.05) is 19.1 Å². The molecule has 3 nitrogen and oxygen atoms in total. The first-order valence-corrected chi connectivity index (χ1v) is 7.91. The number of hydrogen-bond donors (Lipinski definition) is 1. The normalized spacial score (nSPS) is 17.3. The standard InChI is InChI=1S/C17H28N2O/c1-3-16(19-12-4-5-13-19)14-18-11-10-15-6-8-17(20-2)9-7-15/h6-9,16,18H,3-5,10-14H2,1-2H3. The van der Waals surface area contributed by atoms with Crippen LogP contribution in [0.15, 0.2) is 24.3 Å². The number of rotatable bonds is 8. The Bertz CT molecular complexity index is 371. The SMILES string of the molecule is CCC(CNCCc1ccc(OC)cc1)N1CCCC1. The molecule has 0 radical (unpaired) electrons. The molecule has 1 fully saturated rings. The van der Waals surface area contributed by atoms with E-state index in [0.29, 0.717) is 6.04 Å². The third-order valence-corrected chi connectivity index (χ3v) is 4.26. The number of nitrogens with zero attached hydrogens (tertiary/aromatic N) is 1. The number of hydrogen-bond acceptors (Lipinski definition) is 3. The van der Waals surface area contributed by atoms with Gasteiger partial charge in [0.15, 0.2) is 0 Å². The van der Waals surface area contributed by atoms with Gasteiger partial charge in [0.05, 0.1) is 7.11 Å². The van der Waals surface area contributed by atoms with Crippen molar-refractivity contribution in [2.45, 2.75) is 38.6 Å². The Morgan fingerprint density at radius 1 is 1.20 bits per heavy atom. The minimum absolute atomic E-state index is 0.716. The molecule has 0 amide bonds. The summed E-state index contributed by atoms with van der Waals surface area (Å²) in [4.78, 5) is 2.64. The molecule has 3 heteroatoms. The van der Waals surface area contributed by atoms with E-state index in [1.54, 1.807) is 7.11 Å². The molecule has 1 unspecified atom stereocenters. The number of methoxy groups -OCH3 is 1. The van der Waals surface area contributed by atoms with E-state index >= 15 is 0 Å². The summed E-state index contributed by atoms with van der Waals surface area (Å²) in [5.74, 6) is 0.932. The first-order valence-electron chi connectivity index (χ1n) is 7.91. The molecule has 1 aromatic carbocycles. The summed E-state index contributed by atoms with van der Waals surface area (Å²) in [6.07, 6.45) is 5.08. The molecular formula is C17H28N2O. The van der Waals surface area contributed by atoms with Crippen molar-refractivity contribution < 1.29 is 4.74 Å². The maximum atomic E-state index is 5.18. The Morgan fingerprint density at radius 3 is 2.50 bits per heavy atom. The third-order valence-electron chi connectivity index (χ3n) is 4.26. The lowest BCUT2D eigenvalue weighted by atomic mass is 10.1. The Balaban J connectivity index is 1.66. The van der Waals surface area contributed by atoms with Crippen molar-refractivity contribution in [3.63, 3.8) is 0 Å². The fraction of sp³-hybridized carbons (Fsp3) is 0.647. The molecule has 1 saturated heterocycles. The van der Waals surface area contributed by atoms with Crippen molar-refractivity contribution in [1.29, 1.82) is 0 Å². The van der Waals surface area contributed by atoms with Crippen molar-refractivity contribution in [3.8, 4) is 5.75 Å². The molecule has 0 bridgehead atoms. The number of ether oxygens (including phenoxy) is 1. The predicted octanol–water partition coefficient (Wildman–Crippen LogP) is 2.70. The molecule has 0 spiro atoms. The summed E-state index contributed by atoms with van der Waals surface area (Å²) in [6.45, 7) is 7.05. The van der Waals surface area contributed by atoms with Crippen LogP contribution in [0.3, 0.4) is 0 Å². The Hall–Kier alpha value is -1.06. The number of benzene rings is 1. The van der Waals surface area contributed by atoms with Gasteiger partial charge >= 0.3 is 0 Å². The summed E-state index contributed by atoms with van der Waals surface area (Å²) in [6, 6.07) is 9.09. The van der Waals surface area contributed by atoms with Crippen molar-refractivity contribution in [2.75, 3.05) is 33.3 Å². The van der Waals surface area contributed by atoms with Crippen LogP contribution >= 0.6 is 0 Å². The van der Waals surface area contributed by atoms with E-state index in [9.17, 15) is 0 Å². The molecule has 1 aliphatic heterocycles. The minimum Gasteiger partial charge on any atom is -0.497 e. The second-order valence-corrected chi connectivity index (χ2v) is 5.61. The molecule has 112 valence electrons. The average molecular weight is 276 g/mol. The van der Waals surface area contributed by atoms with Gasteiger partial charge in [0.2, 0.25) is 0 Å². The van der Waals surface area contributed by atoms with E-state index in [-0.39, 0.29) is 0 Å². The monoisotopic (exact) mass is 276 g/mol. The van der Waals surface area contributed by atoms with Crippen molar-refractivity contribution >= 4 is 0 Å². The predicted molar refractivity (Wildman–Crippen MR) is 84.5 cm³/mol. The topological polar surface area (TPSA) is 24.5 Å². The van der Waals surface area contributed by atoms with E-state index in [2.05, 4.69) is 29.3 Å². The fourth-order valence-corrected chi connectivity index (χ4v) is 2.93. The van der Waals surface area contributed by atoms with Crippen LogP contribution in [-0.4, -0.2) is 44.2 Å². The maximum Gasteiger partial charge on any atom is 0.118 e. The highest BCUT2D eigenvalue weighted by Crippen LogP contribution is 2.14. The van der Waals surface area contributed by atoms with Gasteiger partial charge < -0.3 is 10.1 Å². The first-order chi connectivity index (χ1) is 9.83. The van der Waals surface area contributed by atoms with Crippen LogP contribution < -0.4 is 10.1 Å². The van der Waals surface area contributed by atoms with E-state index in [1.165, 1.54) is 37.9 Å². The van der Waals surface area contributed by atoms with E-state index < -0.39 is 0 Å². The summed E-state index contributed by atoms with van der Waals surface area (Å²) >= 11 is 0. The zero-order chi connectivity index (χ0) is 14.2. The second-order valence-electron chi connectivity index (χ2n) is 5.61. The molecule has 1 N–H and O–H groups in total. The Labute approximate surface area is 123 Å². The van der Waals surface area contributed by atoms with E-state index in [1.807, 2.05) is 12.1 Å². The smallest absolute Gasteiger partial charge is 0.118 e. The molecule has 1 atom stereocenters. The molecule has 0 aliphatic carbocycles. The third kappa shape index (κ3) is 4.50. The van der Waals surface area contributed by atoms with Crippen LogP contribution in [0, 0.1) is 0 Å². The fourth-order valence-electron chi connectivity index (χ4n) is 2.93. The van der Waals surface area contributed by atoms with Crippen molar-refractivity contribution in [2.24, 2.45) is 0 Å². The van der Waals surface area contributed by atoms with Gasteiger partial charge in [0.25, 0.3) is 0 Å². The highest BCUT2D eigenvalue weighted by atomic mass is 16.5. The molecule has 1 heterocycles. The maximum absolute atomic E-state index is 5.18. The van der Waals surface area contributed by atoms with Gasteiger partial charge in [-0.2, -0.15) is 0 Å². The van der Waals surface area contributed by atoms with Crippen LogP contribution in [0.2, 0.25) is 0 Å². The van der Waals surface area contributed by atoms with Gasteiger partial charge in [-0.05, 0) is 63.0 Å². The number of nitrogens with one attached hydrogen (secondary N) is 1. The zero-order valence-corrected chi connectivity index (χ0v) is 12.9. The van der Waals surface area contributed by atoms with E-state index in [0.717, 1.165) is 25.3 Å². The van der Waals surface area contributed by atoms with Gasteiger partial charge in [-0.25, -0.2) is 0 Å². The molecule has 1 aromatic rings. The molecule has 1 aliphatic rings. The lowest BCUT2D eigenvalue weighted by Crippen LogP contribution is -2.40. The van der Waals surface area contributed by atoms with E-state index in [4.69, 9.17) is 4.74 Å². The van der Waals surface area contributed by atoms with Crippen molar-refractivity contribution in [3.05, 3.63) is 29.8 Å². The summed E-state index contributed by atoms with van der Waals surface area (Å²) in [7, 11) is 1.71. The van der Waals surface area contributed by atoms with Gasteiger partial charge in [-0.15, -0.1) is 0 Å². The summed E-state index contributed by atoms with van der Waals surface area (Å²) in [5, 5.41) is 3.62. The number of likely N-dealkylation sites (tertiary alicyclic amines) is 1. The molecule has 20 heavy (non-hydrogen) atoms. The Kier molecular flexibility index (Phi) is 6.34. The van der Waals surface area contributed by atoms with Gasteiger partial charge in [0.1, 0.15) is 5.75 Å².